The second kappa shape index (κ2) is 10.7. The Morgan fingerprint density at radius 3 is 2.28 bits per heavy atom. The Labute approximate surface area is 188 Å². The van der Waals surface area contributed by atoms with Gasteiger partial charge in [0.15, 0.2) is 0 Å². The maximum absolute atomic E-state index is 13.2. The first-order valence-corrected chi connectivity index (χ1v) is 11.4. The third kappa shape index (κ3) is 5.54. The molecule has 1 aromatic carbocycles. The van der Waals surface area contributed by atoms with E-state index in [0.29, 0.717) is 45.2 Å². The number of nitrogens with zero attached hydrogens (tertiary/aromatic N) is 2. The number of benzene rings is 1. The van der Waals surface area contributed by atoms with E-state index < -0.39 is 30.1 Å². The van der Waals surface area contributed by atoms with Crippen LogP contribution in [-0.2, 0) is 25.6 Å². The van der Waals surface area contributed by atoms with Gasteiger partial charge in [-0.25, -0.2) is 4.79 Å². The number of carbonyl (C=O) groups excluding carboxylic acids is 3. The molecule has 0 radical (unpaired) electrons. The van der Waals surface area contributed by atoms with Crippen LogP contribution < -0.4 is 5.32 Å². The highest BCUT2D eigenvalue weighted by Crippen LogP contribution is 2.25. The van der Waals surface area contributed by atoms with E-state index in [2.05, 4.69) is 5.32 Å². The first-order valence-electron chi connectivity index (χ1n) is 11.4. The van der Waals surface area contributed by atoms with Crippen molar-refractivity contribution < 1.29 is 24.3 Å². The summed E-state index contributed by atoms with van der Waals surface area (Å²) in [5.74, 6) is -1.53. The molecule has 2 fully saturated rings. The number of hydrogen-bond donors (Lipinski definition) is 2. The number of aliphatic carboxylic acids is 1. The zero-order valence-corrected chi connectivity index (χ0v) is 18.8. The standard InChI is InChI=1S/C24H33N3O5/c1-16(25-19(17(2)28)13-12-18-8-4-3-5-9-18)22(29)26-14-6-10-20(26)23(30)27-15-7-11-21(27)24(31)32/h3-5,8-9,16,19-21,25H,6-7,10-15H2,1-2H3,(H,31,32). The molecule has 2 saturated heterocycles. The molecular formula is C24H33N3O5. The molecule has 4 atom stereocenters. The lowest BCUT2D eigenvalue weighted by Gasteiger charge is -2.32. The zero-order chi connectivity index (χ0) is 23.3. The van der Waals surface area contributed by atoms with Gasteiger partial charge in [-0.05, 0) is 57.9 Å². The molecule has 0 saturated carbocycles. The molecule has 0 aliphatic carbocycles. The van der Waals surface area contributed by atoms with Crippen LogP contribution in [0.15, 0.2) is 30.3 Å². The van der Waals surface area contributed by atoms with Crippen LogP contribution in [-0.4, -0.2) is 75.7 Å². The number of Topliss-reactive ketones (excluding diaryl/α,β-unsaturated/α-hetero) is 1. The van der Waals surface area contributed by atoms with Crippen LogP contribution in [0.1, 0.15) is 51.5 Å². The fraction of sp³-hybridized carbons (Fsp3) is 0.583. The number of rotatable bonds is 9. The van der Waals surface area contributed by atoms with Gasteiger partial charge >= 0.3 is 5.97 Å². The predicted octanol–water partition coefficient (Wildman–Crippen LogP) is 1.62. The lowest BCUT2D eigenvalue weighted by atomic mass is 10.0. The number of aryl methyl sites for hydroxylation is 1. The number of carboxylic acid groups (broad SMARTS) is 1. The number of carboxylic acids is 1. The molecular weight excluding hydrogens is 410 g/mol. The molecule has 2 aliphatic rings. The molecule has 2 heterocycles. The molecule has 8 heteroatoms. The van der Waals surface area contributed by atoms with Crippen molar-refractivity contribution in [2.24, 2.45) is 0 Å². The molecule has 0 aromatic heterocycles. The van der Waals surface area contributed by atoms with Crippen LogP contribution in [0.5, 0.6) is 0 Å². The summed E-state index contributed by atoms with van der Waals surface area (Å²) in [7, 11) is 0. The van der Waals surface area contributed by atoms with Crippen LogP contribution in [0, 0.1) is 0 Å². The van der Waals surface area contributed by atoms with Crippen molar-refractivity contribution in [1.82, 2.24) is 15.1 Å². The normalized spacial score (nSPS) is 22.6. The highest BCUT2D eigenvalue weighted by atomic mass is 16.4. The van der Waals surface area contributed by atoms with E-state index in [1.807, 2.05) is 30.3 Å². The minimum absolute atomic E-state index is 0.0315. The lowest BCUT2D eigenvalue weighted by molar-refractivity contribution is -0.152. The van der Waals surface area contributed by atoms with Gasteiger partial charge < -0.3 is 14.9 Å². The zero-order valence-electron chi connectivity index (χ0n) is 18.8. The number of carbonyl (C=O) groups is 4. The topological polar surface area (TPSA) is 107 Å². The number of hydrogen-bond acceptors (Lipinski definition) is 5. The van der Waals surface area contributed by atoms with Gasteiger partial charge in [-0.3, -0.25) is 19.7 Å². The van der Waals surface area contributed by atoms with Gasteiger partial charge in [-0.1, -0.05) is 30.3 Å². The minimum Gasteiger partial charge on any atom is -0.480 e. The molecule has 2 aliphatic heterocycles. The third-order valence-corrected chi connectivity index (χ3v) is 6.52. The summed E-state index contributed by atoms with van der Waals surface area (Å²) in [6, 6.07) is 7.35. The second-order valence-corrected chi connectivity index (χ2v) is 8.79. The molecule has 2 N–H and O–H groups in total. The summed E-state index contributed by atoms with van der Waals surface area (Å²) < 4.78 is 0. The monoisotopic (exact) mass is 443 g/mol. The van der Waals surface area contributed by atoms with Crippen LogP contribution in [0.2, 0.25) is 0 Å². The molecule has 2 amide bonds. The van der Waals surface area contributed by atoms with Crippen LogP contribution in [0.25, 0.3) is 0 Å². The first kappa shape index (κ1) is 23.9. The third-order valence-electron chi connectivity index (χ3n) is 6.52. The summed E-state index contributed by atoms with van der Waals surface area (Å²) in [6.45, 7) is 4.10. The van der Waals surface area contributed by atoms with Crippen LogP contribution in [0.3, 0.4) is 0 Å². The van der Waals surface area contributed by atoms with Gasteiger partial charge in [0.05, 0.1) is 12.1 Å². The fourth-order valence-electron chi connectivity index (χ4n) is 4.75. The molecule has 0 bridgehead atoms. The molecule has 174 valence electrons. The first-order chi connectivity index (χ1) is 15.3. The quantitative estimate of drug-likeness (QED) is 0.601. The molecule has 4 unspecified atom stereocenters. The van der Waals surface area contributed by atoms with E-state index in [0.717, 1.165) is 12.0 Å². The van der Waals surface area contributed by atoms with E-state index in [-0.39, 0.29) is 17.6 Å². The highest BCUT2D eigenvalue weighted by Gasteiger charge is 2.43. The van der Waals surface area contributed by atoms with E-state index in [1.54, 1.807) is 11.8 Å². The SMILES string of the molecule is CC(=O)C(CCc1ccccc1)NC(C)C(=O)N1CCCC1C(=O)N1CCCC1C(=O)O. The number of amides is 2. The van der Waals surface area contributed by atoms with E-state index in [1.165, 1.54) is 11.8 Å². The van der Waals surface area contributed by atoms with Crippen LogP contribution >= 0.6 is 0 Å². The van der Waals surface area contributed by atoms with Gasteiger partial charge in [0.2, 0.25) is 11.8 Å². The molecule has 1 aromatic rings. The van der Waals surface area contributed by atoms with Gasteiger partial charge in [-0.2, -0.15) is 0 Å². The van der Waals surface area contributed by atoms with E-state index in [9.17, 15) is 24.3 Å². The Hall–Kier alpha value is -2.74. The average molecular weight is 444 g/mol. The lowest BCUT2D eigenvalue weighted by Crippen LogP contribution is -2.55. The Morgan fingerprint density at radius 1 is 1.03 bits per heavy atom. The molecule has 0 spiro atoms. The van der Waals surface area contributed by atoms with Crippen molar-refractivity contribution in [1.29, 1.82) is 0 Å². The summed E-state index contributed by atoms with van der Waals surface area (Å²) in [5, 5.41) is 12.6. The summed E-state index contributed by atoms with van der Waals surface area (Å²) in [4.78, 5) is 52.9. The van der Waals surface area contributed by atoms with Gasteiger partial charge in [-0.15, -0.1) is 0 Å². The van der Waals surface area contributed by atoms with Crippen molar-refractivity contribution in [2.75, 3.05) is 13.1 Å². The molecule has 32 heavy (non-hydrogen) atoms. The Morgan fingerprint density at radius 2 is 1.66 bits per heavy atom. The molecule has 3 rings (SSSR count). The number of nitrogens with one attached hydrogen (secondary N) is 1. The minimum atomic E-state index is -0.996. The second-order valence-electron chi connectivity index (χ2n) is 8.79. The summed E-state index contributed by atoms with van der Waals surface area (Å²) in [5.41, 5.74) is 1.13. The number of ketones is 1. The highest BCUT2D eigenvalue weighted by molar-refractivity contribution is 5.93. The van der Waals surface area contributed by atoms with Crippen molar-refractivity contribution in [3.63, 3.8) is 0 Å². The van der Waals surface area contributed by atoms with Crippen molar-refractivity contribution in [2.45, 2.75) is 76.5 Å². The van der Waals surface area contributed by atoms with E-state index >= 15 is 0 Å². The average Bonchev–Trinajstić information content (AvgIpc) is 3.46. The van der Waals surface area contributed by atoms with Gasteiger partial charge in [0.25, 0.3) is 0 Å². The maximum atomic E-state index is 13.2. The Kier molecular flexibility index (Phi) is 8.01. The Bertz CT molecular complexity index is 843. The van der Waals surface area contributed by atoms with Crippen molar-refractivity contribution in [3.8, 4) is 0 Å². The van der Waals surface area contributed by atoms with Crippen molar-refractivity contribution in [3.05, 3.63) is 35.9 Å². The molecule has 8 nitrogen and oxygen atoms in total. The maximum Gasteiger partial charge on any atom is 0.326 e. The van der Waals surface area contributed by atoms with E-state index in [4.69, 9.17) is 0 Å². The summed E-state index contributed by atoms with van der Waals surface area (Å²) >= 11 is 0. The fourth-order valence-corrected chi connectivity index (χ4v) is 4.75. The predicted molar refractivity (Wildman–Crippen MR) is 119 cm³/mol. The van der Waals surface area contributed by atoms with Crippen LogP contribution in [0.4, 0.5) is 0 Å². The largest absolute Gasteiger partial charge is 0.480 e. The smallest absolute Gasteiger partial charge is 0.326 e. The Balaban J connectivity index is 1.62. The van der Waals surface area contributed by atoms with Gasteiger partial charge in [0.1, 0.15) is 17.9 Å². The number of likely N-dealkylation sites (tertiary alicyclic amines) is 2. The van der Waals surface area contributed by atoms with Crippen molar-refractivity contribution >= 4 is 23.6 Å². The van der Waals surface area contributed by atoms with Gasteiger partial charge in [0, 0.05) is 13.1 Å². The summed E-state index contributed by atoms with van der Waals surface area (Å²) in [6.07, 6.45) is 3.63.